The van der Waals surface area contributed by atoms with Crippen molar-refractivity contribution in [2.24, 2.45) is 0 Å². The molecule has 0 fully saturated rings. The molecule has 0 bridgehead atoms. The smallest absolute Gasteiger partial charge is 0.0406 e. The zero-order valence-corrected chi connectivity index (χ0v) is 17.3. The average Bonchev–Trinajstić information content (AvgIpc) is 2.56. The molecule has 2 aromatic carbocycles. The Hall–Kier alpha value is -1.13. The summed E-state index contributed by atoms with van der Waals surface area (Å²) in [5.74, 6) is 0. The molecule has 0 aliphatic heterocycles. The Balaban J connectivity index is 0.000000234. The maximum Gasteiger partial charge on any atom is 0.0406 e. The van der Waals surface area contributed by atoms with Gasteiger partial charge in [0.15, 0.2) is 0 Å². The largest absolute Gasteiger partial charge is 0.383 e. The van der Waals surface area contributed by atoms with Crippen LogP contribution in [0.25, 0.3) is 21.8 Å². The van der Waals surface area contributed by atoms with E-state index in [-0.39, 0.29) is 20.1 Å². The molecule has 0 saturated carbocycles. The maximum absolute atomic E-state index is 4.39. The first-order chi connectivity index (χ1) is 10.7. The van der Waals surface area contributed by atoms with E-state index >= 15 is 0 Å². The van der Waals surface area contributed by atoms with Gasteiger partial charge in [0.2, 0.25) is 0 Å². The topological polar surface area (TPSA) is 25.8 Å². The van der Waals surface area contributed by atoms with Crippen molar-refractivity contribution in [1.82, 2.24) is 9.97 Å². The molecule has 0 spiro atoms. The number of halogens is 2. The van der Waals surface area contributed by atoms with Gasteiger partial charge >= 0.3 is 0 Å². The van der Waals surface area contributed by atoms with E-state index in [2.05, 4.69) is 54.1 Å². The molecule has 2 heterocycles. The van der Waals surface area contributed by atoms with Gasteiger partial charge in [-0.05, 0) is 32.9 Å². The standard InChI is InChI=1S/C12H5Br2N2.C6H5.Ir/c13-9-3-7-1-2-8-4-10(14)6-16-12(8)11(7)15-5-9;1-2-4-6-5-3-1;/h1-5H;1-5H;/q2*-1;. The summed E-state index contributed by atoms with van der Waals surface area (Å²) in [4.78, 5) is 8.68. The minimum Gasteiger partial charge on any atom is -0.383 e. The second kappa shape index (κ2) is 8.65. The van der Waals surface area contributed by atoms with Crippen molar-refractivity contribution >= 4 is 53.7 Å². The van der Waals surface area contributed by atoms with Crippen LogP contribution in [-0.4, -0.2) is 9.97 Å². The fraction of sp³-hybridized carbons (Fsp3) is 0. The first-order valence-corrected chi connectivity index (χ1v) is 8.16. The second-order valence-corrected chi connectivity index (χ2v) is 6.29. The molecule has 2 nitrogen and oxygen atoms in total. The zero-order valence-electron chi connectivity index (χ0n) is 11.8. The van der Waals surface area contributed by atoms with E-state index in [9.17, 15) is 0 Å². The number of rotatable bonds is 0. The van der Waals surface area contributed by atoms with E-state index in [4.69, 9.17) is 0 Å². The van der Waals surface area contributed by atoms with Crippen LogP contribution < -0.4 is 0 Å². The molecular weight excluding hydrogens is 596 g/mol. The van der Waals surface area contributed by atoms with Crippen LogP contribution in [0.3, 0.4) is 0 Å². The van der Waals surface area contributed by atoms with Crippen molar-refractivity contribution in [1.29, 1.82) is 0 Å². The van der Waals surface area contributed by atoms with Crippen LogP contribution in [0.15, 0.2) is 69.7 Å². The van der Waals surface area contributed by atoms with Crippen LogP contribution in [0.2, 0.25) is 0 Å². The number of hydrogen-bond acceptors (Lipinski definition) is 2. The first-order valence-electron chi connectivity index (χ1n) is 6.57. The van der Waals surface area contributed by atoms with E-state index in [1.807, 2.05) is 54.6 Å². The quantitative estimate of drug-likeness (QED) is 0.193. The molecule has 0 atom stereocenters. The third kappa shape index (κ3) is 4.67. The van der Waals surface area contributed by atoms with Crippen molar-refractivity contribution in [2.75, 3.05) is 0 Å². The zero-order chi connectivity index (χ0) is 15.4. The Bertz CT molecular complexity index is 827. The number of benzene rings is 2. The summed E-state index contributed by atoms with van der Waals surface area (Å²) in [7, 11) is 0. The number of aromatic nitrogens is 2. The normalized spacial score (nSPS) is 9.83. The first kappa shape index (κ1) is 18.2. The van der Waals surface area contributed by atoms with Crippen molar-refractivity contribution in [3.05, 3.63) is 82.0 Å². The van der Waals surface area contributed by atoms with E-state index in [1.54, 1.807) is 6.20 Å². The van der Waals surface area contributed by atoms with Crippen LogP contribution in [-0.2, 0) is 20.1 Å². The fourth-order valence-electron chi connectivity index (χ4n) is 2.03. The summed E-state index contributed by atoms with van der Waals surface area (Å²) in [6.45, 7) is 0. The molecule has 0 N–H and O–H groups in total. The molecule has 4 aromatic rings. The van der Waals surface area contributed by atoms with Crippen LogP contribution >= 0.6 is 31.9 Å². The fourth-order valence-corrected chi connectivity index (χ4v) is 2.71. The Labute approximate surface area is 165 Å². The summed E-state index contributed by atoms with van der Waals surface area (Å²) >= 11 is 6.77. The maximum atomic E-state index is 4.39. The summed E-state index contributed by atoms with van der Waals surface area (Å²) < 4.78 is 1.83. The van der Waals surface area contributed by atoms with Gasteiger partial charge in [0.05, 0.1) is 0 Å². The van der Waals surface area contributed by atoms with Crippen molar-refractivity contribution in [3.8, 4) is 0 Å². The third-order valence-electron chi connectivity index (χ3n) is 2.99. The number of fused-ring (bicyclic) bond motifs is 3. The van der Waals surface area contributed by atoms with Gasteiger partial charge in [-0.3, -0.25) is 4.98 Å². The second-order valence-electron chi connectivity index (χ2n) is 4.52. The van der Waals surface area contributed by atoms with Crippen molar-refractivity contribution in [2.45, 2.75) is 0 Å². The van der Waals surface area contributed by atoms with Gasteiger partial charge in [-0.1, -0.05) is 38.7 Å². The van der Waals surface area contributed by atoms with E-state index in [0.29, 0.717) is 0 Å². The van der Waals surface area contributed by atoms with Gasteiger partial charge in [0.1, 0.15) is 0 Å². The summed E-state index contributed by atoms with van der Waals surface area (Å²) in [6, 6.07) is 20.6. The monoisotopic (exact) mass is 605 g/mol. The average molecular weight is 606 g/mol. The van der Waals surface area contributed by atoms with Crippen LogP contribution in [0, 0.1) is 12.3 Å². The van der Waals surface area contributed by atoms with Gasteiger partial charge < -0.3 is 4.98 Å². The summed E-state index contributed by atoms with van der Waals surface area (Å²) in [5.41, 5.74) is 1.79. The Morgan fingerprint density at radius 2 is 1.57 bits per heavy atom. The Morgan fingerprint density at radius 3 is 2.17 bits per heavy atom. The SMILES string of the molecule is Brc1[c-]nc2c(ccc3cc(Br)cnc32)c1.[Ir].[c-]1ccccc1. The third-order valence-corrected chi connectivity index (χ3v) is 3.83. The Kier molecular flexibility index (Phi) is 6.85. The van der Waals surface area contributed by atoms with Crippen molar-refractivity contribution in [3.63, 3.8) is 0 Å². The molecule has 0 saturated heterocycles. The number of hydrogen-bond donors (Lipinski definition) is 0. The van der Waals surface area contributed by atoms with Gasteiger partial charge in [-0.25, -0.2) is 0 Å². The molecule has 0 aliphatic rings. The molecule has 5 heteroatoms. The predicted molar refractivity (Wildman–Crippen MR) is 96.6 cm³/mol. The summed E-state index contributed by atoms with van der Waals surface area (Å²) in [6.07, 6.45) is 4.68. The minimum absolute atomic E-state index is 0. The molecular formula is C18H10Br2IrN2-2. The van der Waals surface area contributed by atoms with E-state index in [1.165, 1.54) is 0 Å². The van der Waals surface area contributed by atoms with Crippen LogP contribution in [0.1, 0.15) is 0 Å². The predicted octanol–water partition coefficient (Wildman–Crippen LogP) is 5.59. The Morgan fingerprint density at radius 1 is 0.870 bits per heavy atom. The molecule has 4 rings (SSSR count). The van der Waals surface area contributed by atoms with Crippen LogP contribution in [0.4, 0.5) is 0 Å². The van der Waals surface area contributed by atoms with Gasteiger partial charge in [0, 0.05) is 36.3 Å². The molecule has 1 radical (unpaired) electrons. The molecule has 2 aromatic heterocycles. The van der Waals surface area contributed by atoms with Crippen molar-refractivity contribution < 1.29 is 20.1 Å². The van der Waals surface area contributed by atoms with E-state index < -0.39 is 0 Å². The van der Waals surface area contributed by atoms with E-state index in [0.717, 1.165) is 30.8 Å². The van der Waals surface area contributed by atoms with Gasteiger partial charge in [0.25, 0.3) is 0 Å². The van der Waals surface area contributed by atoms with Gasteiger partial charge in [-0.2, -0.15) is 36.4 Å². The molecule has 23 heavy (non-hydrogen) atoms. The number of nitrogens with zero attached hydrogens (tertiary/aromatic N) is 2. The molecule has 0 aliphatic carbocycles. The molecule has 0 amide bonds. The molecule has 0 unspecified atom stereocenters. The summed E-state index contributed by atoms with van der Waals surface area (Å²) in [5, 5.41) is 2.14. The molecule has 117 valence electrons. The van der Waals surface area contributed by atoms with Gasteiger partial charge in [-0.15, -0.1) is 11.5 Å². The minimum atomic E-state index is 0. The van der Waals surface area contributed by atoms with Crippen LogP contribution in [0.5, 0.6) is 0 Å². The number of pyridine rings is 2.